The van der Waals surface area contributed by atoms with E-state index in [4.69, 9.17) is 22.7 Å². The highest BCUT2D eigenvalue weighted by molar-refractivity contribution is 8.03. The SMILES string of the molecule is C1COCCS(=N[S+]2CCOCCOCC2)CCO1. The van der Waals surface area contributed by atoms with E-state index >= 15 is 0 Å². The van der Waals surface area contributed by atoms with Crippen LogP contribution in [0, 0.1) is 0 Å². The van der Waals surface area contributed by atoms with Gasteiger partial charge in [0.2, 0.25) is 0 Å². The first-order chi connectivity index (χ1) is 9.45. The summed E-state index contributed by atoms with van der Waals surface area (Å²) in [5, 5.41) is 0. The summed E-state index contributed by atoms with van der Waals surface area (Å²) >= 11 is 0.0754. The van der Waals surface area contributed by atoms with Crippen LogP contribution in [0.5, 0.6) is 0 Å². The number of nitrogens with zero attached hydrogens (tertiary/aromatic N) is 1. The van der Waals surface area contributed by atoms with Crippen molar-refractivity contribution in [3.8, 4) is 0 Å². The van der Waals surface area contributed by atoms with E-state index in [2.05, 4.69) is 0 Å². The molecule has 112 valence electrons. The van der Waals surface area contributed by atoms with Crippen LogP contribution >= 0.6 is 0 Å². The average Bonchev–Trinajstić information content (AvgIpc) is 2.62. The molecule has 0 saturated carbocycles. The molecule has 2 rings (SSSR count). The molecule has 2 aliphatic heterocycles. The van der Waals surface area contributed by atoms with E-state index in [0.717, 1.165) is 49.4 Å². The summed E-state index contributed by atoms with van der Waals surface area (Å²) in [6.45, 7) is 6.07. The zero-order valence-electron chi connectivity index (χ0n) is 11.4. The molecule has 0 spiro atoms. The predicted octanol–water partition coefficient (Wildman–Crippen LogP) is 0.415. The van der Waals surface area contributed by atoms with Crippen molar-refractivity contribution >= 4 is 21.8 Å². The fraction of sp³-hybridized carbons (Fsp3) is 1.00. The molecule has 0 aliphatic carbocycles. The van der Waals surface area contributed by atoms with Crippen molar-refractivity contribution in [1.29, 1.82) is 0 Å². The highest BCUT2D eigenvalue weighted by Gasteiger charge is 2.20. The molecule has 2 fully saturated rings. The fourth-order valence-corrected chi connectivity index (χ4v) is 5.80. The van der Waals surface area contributed by atoms with Gasteiger partial charge >= 0.3 is 0 Å². The van der Waals surface area contributed by atoms with Gasteiger partial charge in [0.25, 0.3) is 0 Å². The molecular weight excluding hydrogens is 286 g/mol. The molecule has 7 heteroatoms. The number of hydrogen-bond donors (Lipinski definition) is 0. The maximum absolute atomic E-state index is 5.51. The molecule has 2 heterocycles. The summed E-state index contributed by atoms with van der Waals surface area (Å²) in [5.74, 6) is 4.15. The summed E-state index contributed by atoms with van der Waals surface area (Å²) < 4.78 is 27.1. The third kappa shape index (κ3) is 7.06. The van der Waals surface area contributed by atoms with Gasteiger partial charge in [0, 0.05) is 11.5 Å². The Hall–Kier alpha value is 0.340. The third-order valence-electron chi connectivity index (χ3n) is 2.81. The smallest absolute Gasteiger partial charge is 0.159 e. The summed E-state index contributed by atoms with van der Waals surface area (Å²) in [6, 6.07) is 0. The van der Waals surface area contributed by atoms with Crippen LogP contribution in [0.1, 0.15) is 0 Å². The minimum absolute atomic E-state index is 0.0754. The van der Waals surface area contributed by atoms with Gasteiger partial charge in [0.1, 0.15) is 11.1 Å². The minimum atomic E-state index is 0.0754. The van der Waals surface area contributed by atoms with Crippen LogP contribution in [0.15, 0.2) is 3.77 Å². The molecule has 0 unspecified atom stereocenters. The van der Waals surface area contributed by atoms with Gasteiger partial charge < -0.3 is 18.9 Å². The van der Waals surface area contributed by atoms with Crippen molar-refractivity contribution in [1.82, 2.24) is 0 Å². The van der Waals surface area contributed by atoms with Crippen LogP contribution in [-0.4, -0.2) is 75.9 Å². The lowest BCUT2D eigenvalue weighted by Crippen LogP contribution is -2.19. The normalized spacial score (nSPS) is 26.3. The Morgan fingerprint density at radius 2 is 1.11 bits per heavy atom. The molecule has 2 saturated heterocycles. The predicted molar refractivity (Wildman–Crippen MR) is 79.9 cm³/mol. The largest absolute Gasteiger partial charge is 0.378 e. The summed E-state index contributed by atoms with van der Waals surface area (Å²) in [4.78, 5) is 0. The van der Waals surface area contributed by atoms with Gasteiger partial charge in [-0.15, -0.1) is 0 Å². The van der Waals surface area contributed by atoms with Crippen molar-refractivity contribution in [2.45, 2.75) is 0 Å². The Morgan fingerprint density at radius 1 is 0.632 bits per heavy atom. The van der Waals surface area contributed by atoms with Crippen LogP contribution in [0.4, 0.5) is 0 Å². The van der Waals surface area contributed by atoms with Crippen LogP contribution < -0.4 is 0 Å². The zero-order valence-corrected chi connectivity index (χ0v) is 13.0. The Labute approximate surface area is 120 Å². The van der Waals surface area contributed by atoms with Gasteiger partial charge in [0.05, 0.1) is 52.9 Å². The molecule has 0 amide bonds. The maximum atomic E-state index is 5.51. The molecule has 0 aromatic heterocycles. The first kappa shape index (κ1) is 15.7. The number of rotatable bonds is 1. The van der Waals surface area contributed by atoms with Gasteiger partial charge in [-0.3, -0.25) is 0 Å². The first-order valence-electron chi connectivity index (χ1n) is 6.83. The second kappa shape index (κ2) is 10.1. The standard InChI is InChI=1S/C12H24NO4S2/c1-2-15-6-10-18(9-5-14-1)13-19-11-7-16-3-4-17-8-12-19/h1-12H2/q+1. The van der Waals surface area contributed by atoms with Crippen LogP contribution in [-0.2, 0) is 40.7 Å². The number of hydrogen-bond acceptors (Lipinski definition) is 5. The van der Waals surface area contributed by atoms with E-state index in [1.165, 1.54) is 0 Å². The van der Waals surface area contributed by atoms with Crippen molar-refractivity contribution in [3.63, 3.8) is 0 Å². The fourth-order valence-electron chi connectivity index (χ4n) is 1.77. The molecule has 2 aliphatic rings. The Bertz CT molecular complexity index is 256. The molecular formula is C12H24NO4S2+. The van der Waals surface area contributed by atoms with E-state index in [1.54, 1.807) is 0 Å². The van der Waals surface area contributed by atoms with Crippen LogP contribution in [0.25, 0.3) is 0 Å². The lowest BCUT2D eigenvalue weighted by Gasteiger charge is -2.06. The Kier molecular flexibility index (Phi) is 8.38. The Balaban J connectivity index is 1.86. The minimum Gasteiger partial charge on any atom is -0.378 e. The third-order valence-corrected chi connectivity index (χ3v) is 7.05. The number of ether oxygens (including phenoxy) is 4. The molecule has 19 heavy (non-hydrogen) atoms. The van der Waals surface area contributed by atoms with Crippen molar-refractivity contribution in [2.75, 3.05) is 75.9 Å². The molecule has 0 radical (unpaired) electrons. The molecule has 0 bridgehead atoms. The van der Waals surface area contributed by atoms with Gasteiger partial charge in [-0.1, -0.05) is 0 Å². The van der Waals surface area contributed by atoms with Crippen LogP contribution in [0.3, 0.4) is 0 Å². The van der Waals surface area contributed by atoms with Crippen molar-refractivity contribution < 1.29 is 18.9 Å². The van der Waals surface area contributed by atoms with E-state index in [1.807, 2.05) is 0 Å². The molecule has 0 aromatic carbocycles. The summed E-state index contributed by atoms with van der Waals surface area (Å²) in [5.41, 5.74) is 0. The van der Waals surface area contributed by atoms with E-state index < -0.39 is 0 Å². The van der Waals surface area contributed by atoms with E-state index in [9.17, 15) is 0 Å². The summed E-state index contributed by atoms with van der Waals surface area (Å²) in [7, 11) is 0.0754. The van der Waals surface area contributed by atoms with Gasteiger partial charge in [-0.2, -0.15) is 0 Å². The maximum Gasteiger partial charge on any atom is 0.159 e. The van der Waals surface area contributed by atoms with Gasteiger partial charge in [-0.25, -0.2) is 0 Å². The Morgan fingerprint density at radius 3 is 1.63 bits per heavy atom. The summed E-state index contributed by atoms with van der Waals surface area (Å²) in [6.07, 6.45) is 0. The molecule has 0 N–H and O–H groups in total. The lowest BCUT2D eigenvalue weighted by atomic mass is 10.7. The van der Waals surface area contributed by atoms with Crippen LogP contribution in [0.2, 0.25) is 0 Å². The zero-order chi connectivity index (χ0) is 13.2. The van der Waals surface area contributed by atoms with Crippen molar-refractivity contribution in [2.24, 2.45) is 3.77 Å². The second-order valence-electron chi connectivity index (χ2n) is 4.27. The van der Waals surface area contributed by atoms with Crippen molar-refractivity contribution in [3.05, 3.63) is 0 Å². The van der Waals surface area contributed by atoms with Gasteiger partial charge in [-0.05, 0) is 14.5 Å². The molecule has 0 atom stereocenters. The second-order valence-corrected chi connectivity index (χ2v) is 8.34. The first-order valence-corrected chi connectivity index (χ1v) is 9.87. The topological polar surface area (TPSA) is 49.3 Å². The monoisotopic (exact) mass is 310 g/mol. The lowest BCUT2D eigenvalue weighted by molar-refractivity contribution is 0.0629. The molecule has 0 aromatic rings. The molecule has 5 nitrogen and oxygen atoms in total. The van der Waals surface area contributed by atoms with E-state index in [0.29, 0.717) is 26.4 Å². The highest BCUT2D eigenvalue weighted by atomic mass is 32.2. The quantitative estimate of drug-likeness (QED) is 0.659. The van der Waals surface area contributed by atoms with E-state index in [-0.39, 0.29) is 21.8 Å². The average molecular weight is 310 g/mol. The van der Waals surface area contributed by atoms with Gasteiger partial charge in [0.15, 0.2) is 11.5 Å². The highest BCUT2D eigenvalue weighted by Crippen LogP contribution is 2.07.